The van der Waals surface area contributed by atoms with Gasteiger partial charge < -0.3 is 14.7 Å². The summed E-state index contributed by atoms with van der Waals surface area (Å²) in [5, 5.41) is 10.7. The predicted molar refractivity (Wildman–Crippen MR) is 148 cm³/mol. The molecule has 0 spiro atoms. The van der Waals surface area contributed by atoms with E-state index in [0.717, 1.165) is 70.3 Å². The molecule has 1 rings (SSSR count). The van der Waals surface area contributed by atoms with Crippen LogP contribution in [0.5, 0.6) is 0 Å². The van der Waals surface area contributed by atoms with Crippen LogP contribution in [-0.2, 0) is 14.3 Å². The van der Waals surface area contributed by atoms with Gasteiger partial charge in [0.05, 0.1) is 6.10 Å². The van der Waals surface area contributed by atoms with Crippen LogP contribution in [0.1, 0.15) is 129 Å². The van der Waals surface area contributed by atoms with Crippen LogP contribution >= 0.6 is 11.8 Å². The maximum absolute atomic E-state index is 12.1. The lowest BCUT2D eigenvalue weighted by atomic mass is 10.1. The largest absolute Gasteiger partial charge is 0.355 e. The van der Waals surface area contributed by atoms with E-state index in [4.69, 9.17) is 9.47 Å². The molecule has 7 heteroatoms. The second-order valence-electron chi connectivity index (χ2n) is 10.1. The highest BCUT2D eigenvalue weighted by atomic mass is 32.2. The number of carbonyl (C=O) groups is 1. The molecule has 1 N–H and O–H groups in total. The molecular weight excluding hydrogens is 462 g/mol. The van der Waals surface area contributed by atoms with E-state index in [1.807, 2.05) is 0 Å². The lowest BCUT2D eigenvalue weighted by molar-refractivity contribution is -0.111. The van der Waals surface area contributed by atoms with Gasteiger partial charge in [-0.2, -0.15) is 0 Å². The minimum absolute atomic E-state index is 0.184. The third kappa shape index (κ3) is 19.3. The van der Waals surface area contributed by atoms with Crippen LogP contribution in [0.25, 0.3) is 0 Å². The zero-order valence-electron chi connectivity index (χ0n) is 22.4. The lowest BCUT2D eigenvalue weighted by Gasteiger charge is -2.29. The van der Waals surface area contributed by atoms with Crippen LogP contribution in [0.2, 0.25) is 5.54 Å². The van der Waals surface area contributed by atoms with E-state index in [1.54, 1.807) is 4.73 Å². The monoisotopic (exact) mass is 517 g/mol. The van der Waals surface area contributed by atoms with Crippen molar-refractivity contribution >= 4 is 26.6 Å². The Balaban J connectivity index is 2.07. The van der Waals surface area contributed by atoms with E-state index in [-0.39, 0.29) is 6.10 Å². The molecule has 5 nitrogen and oxygen atoms in total. The number of hydroxylamine groups is 1. The maximum Gasteiger partial charge on any atom is 0.188 e. The Labute approximate surface area is 217 Å². The summed E-state index contributed by atoms with van der Waals surface area (Å²) < 4.78 is 13.3. The molecule has 0 amide bonds. The molecule has 1 saturated heterocycles. The molecule has 34 heavy (non-hydrogen) atoms. The summed E-state index contributed by atoms with van der Waals surface area (Å²) in [7, 11) is -0.635. The van der Waals surface area contributed by atoms with E-state index >= 15 is 0 Å². The topological polar surface area (TPSA) is 59.0 Å². The van der Waals surface area contributed by atoms with Crippen molar-refractivity contribution < 1.29 is 19.5 Å². The molecule has 0 aromatic heterocycles. The Hall–Kier alpha value is 0.0769. The number of nitrogens with zero attached hydrogens (tertiary/aromatic N) is 1. The summed E-state index contributed by atoms with van der Waals surface area (Å²) in [6, 6.07) is 0. The predicted octanol–water partition coefficient (Wildman–Crippen LogP) is 7.24. The fourth-order valence-electron chi connectivity index (χ4n) is 4.61. The number of unbranched alkanes of at least 4 members (excludes halogenated alkanes) is 10. The normalized spacial score (nSPS) is 20.4. The molecule has 2 atom stereocenters. The van der Waals surface area contributed by atoms with Gasteiger partial charge in [-0.05, 0) is 44.1 Å². The quantitative estimate of drug-likeness (QED) is 0.0983. The number of thioether (sulfide) groups is 1. The van der Waals surface area contributed by atoms with Crippen LogP contribution in [-0.4, -0.2) is 56.5 Å². The van der Waals surface area contributed by atoms with Crippen molar-refractivity contribution in [3.05, 3.63) is 0 Å². The fourth-order valence-corrected chi connectivity index (χ4v) is 7.29. The third-order valence-corrected chi connectivity index (χ3v) is 9.95. The minimum atomic E-state index is -0.635. The van der Waals surface area contributed by atoms with Gasteiger partial charge in [0.1, 0.15) is 16.5 Å². The molecule has 202 valence electrons. The molecule has 1 fully saturated rings. The molecule has 1 aliphatic heterocycles. The minimum Gasteiger partial charge on any atom is -0.355 e. The number of ether oxygens (including phenoxy) is 2. The SMILES string of the molecule is CCCCCCCCCOCOC1CCC(CCCSC(=O)CCCCCCC)[SiH2]N(O)CC1. The van der Waals surface area contributed by atoms with Gasteiger partial charge in [0.25, 0.3) is 0 Å². The molecule has 0 aromatic rings. The summed E-state index contributed by atoms with van der Waals surface area (Å²) >= 11 is 1.52. The highest BCUT2D eigenvalue weighted by molar-refractivity contribution is 8.13. The van der Waals surface area contributed by atoms with Crippen molar-refractivity contribution in [3.8, 4) is 0 Å². The smallest absolute Gasteiger partial charge is 0.188 e. The first-order valence-electron chi connectivity index (χ1n) is 14.4. The van der Waals surface area contributed by atoms with Gasteiger partial charge in [0.2, 0.25) is 0 Å². The zero-order chi connectivity index (χ0) is 24.7. The van der Waals surface area contributed by atoms with Crippen molar-refractivity contribution in [3.63, 3.8) is 0 Å². The third-order valence-electron chi connectivity index (χ3n) is 6.86. The van der Waals surface area contributed by atoms with Gasteiger partial charge in [-0.3, -0.25) is 4.79 Å². The zero-order valence-corrected chi connectivity index (χ0v) is 24.7. The second kappa shape index (κ2) is 23.5. The molecular formula is C27H55NO4SSi. The number of hydrogen-bond donors (Lipinski definition) is 1. The first-order valence-corrected chi connectivity index (χ1v) is 16.9. The molecule has 0 aromatic carbocycles. The van der Waals surface area contributed by atoms with Crippen LogP contribution in [0.3, 0.4) is 0 Å². The van der Waals surface area contributed by atoms with E-state index in [1.165, 1.54) is 76.0 Å². The summed E-state index contributed by atoms with van der Waals surface area (Å²) in [5.41, 5.74) is 0.606. The second-order valence-corrected chi connectivity index (χ2v) is 13.5. The van der Waals surface area contributed by atoms with Crippen molar-refractivity contribution in [2.24, 2.45) is 0 Å². The van der Waals surface area contributed by atoms with Crippen LogP contribution < -0.4 is 0 Å². The summed E-state index contributed by atoms with van der Waals surface area (Å²) in [5.74, 6) is 0.927. The van der Waals surface area contributed by atoms with Crippen molar-refractivity contribution in [2.75, 3.05) is 25.7 Å². The number of rotatable bonds is 21. The molecule has 0 saturated carbocycles. The molecule has 0 radical (unpaired) electrons. The van der Waals surface area contributed by atoms with E-state index in [9.17, 15) is 10.0 Å². The number of hydrogen-bond acceptors (Lipinski definition) is 6. The van der Waals surface area contributed by atoms with Crippen molar-refractivity contribution in [1.82, 2.24) is 4.73 Å². The van der Waals surface area contributed by atoms with Gasteiger partial charge in [0.15, 0.2) is 5.12 Å². The maximum atomic E-state index is 12.1. The highest BCUT2D eigenvalue weighted by Gasteiger charge is 2.22. The van der Waals surface area contributed by atoms with Gasteiger partial charge in [-0.1, -0.05) is 96.2 Å². The molecule has 1 aliphatic rings. The molecule has 2 unspecified atom stereocenters. The molecule has 1 heterocycles. The summed E-state index contributed by atoms with van der Waals surface area (Å²) in [4.78, 5) is 12.1. The van der Waals surface area contributed by atoms with Crippen LogP contribution in [0, 0.1) is 0 Å². The van der Waals surface area contributed by atoms with E-state index < -0.39 is 9.68 Å². The Morgan fingerprint density at radius 1 is 0.912 bits per heavy atom. The van der Waals surface area contributed by atoms with Crippen LogP contribution in [0.15, 0.2) is 0 Å². The van der Waals surface area contributed by atoms with Gasteiger partial charge in [0, 0.05) is 25.3 Å². The van der Waals surface area contributed by atoms with Gasteiger partial charge >= 0.3 is 0 Å². The Morgan fingerprint density at radius 3 is 2.32 bits per heavy atom. The van der Waals surface area contributed by atoms with E-state index in [0.29, 0.717) is 17.4 Å². The Bertz CT molecular complexity index is 472. The Kier molecular flexibility index (Phi) is 22.2. The van der Waals surface area contributed by atoms with Gasteiger partial charge in [-0.15, -0.1) is 0 Å². The molecule has 0 aliphatic carbocycles. The average molecular weight is 518 g/mol. The molecule has 0 bridgehead atoms. The van der Waals surface area contributed by atoms with E-state index in [2.05, 4.69) is 13.8 Å². The lowest BCUT2D eigenvalue weighted by Crippen LogP contribution is -2.34. The highest BCUT2D eigenvalue weighted by Crippen LogP contribution is 2.26. The summed E-state index contributed by atoms with van der Waals surface area (Å²) in [6.07, 6.45) is 21.3. The number of carbonyl (C=O) groups excluding carboxylic acids is 1. The van der Waals surface area contributed by atoms with Gasteiger partial charge in [-0.25, -0.2) is 4.73 Å². The average Bonchev–Trinajstić information content (AvgIpc) is 2.82. The fraction of sp³-hybridized carbons (Fsp3) is 0.963. The summed E-state index contributed by atoms with van der Waals surface area (Å²) in [6.45, 7) is 6.36. The standard InChI is InChI=1S/C27H55NO4SSi/c1-3-5-7-9-10-12-14-22-31-24-32-25-18-19-26(34-28(30)21-20-25)16-15-23-33-27(29)17-13-11-8-6-4-2/h25-26,30H,3-24,34H2,1-2H3. The van der Waals surface area contributed by atoms with Crippen LogP contribution in [0.4, 0.5) is 0 Å². The van der Waals surface area contributed by atoms with Crippen molar-refractivity contribution in [1.29, 1.82) is 0 Å². The first-order chi connectivity index (χ1) is 16.7. The Morgan fingerprint density at radius 2 is 1.59 bits per heavy atom. The van der Waals surface area contributed by atoms with Crippen molar-refractivity contribution in [2.45, 2.75) is 141 Å². The first kappa shape index (κ1) is 32.1.